The maximum Gasteiger partial charge on any atom is 0.128 e. The Bertz CT molecular complexity index is 1210. The fourth-order valence-electron chi connectivity index (χ4n) is 3.68. The van der Waals surface area contributed by atoms with Gasteiger partial charge < -0.3 is 14.6 Å². The topological polar surface area (TPSA) is 56.9 Å². The van der Waals surface area contributed by atoms with Crippen LogP contribution in [0.5, 0.6) is 5.75 Å². The first kappa shape index (κ1) is 20.5. The van der Waals surface area contributed by atoms with Crippen molar-refractivity contribution in [3.8, 4) is 5.75 Å². The SMILES string of the molecule is CCN(CC)c1ccc(C=Cc2cc(C=Cc3ccc4cc[nH]c4c3)n[nH]2)c(OC)c1. The van der Waals surface area contributed by atoms with Crippen LogP contribution >= 0.6 is 0 Å². The fourth-order valence-corrected chi connectivity index (χ4v) is 3.68. The summed E-state index contributed by atoms with van der Waals surface area (Å²) in [5.74, 6) is 0.861. The molecular weight excluding hydrogens is 384 g/mol. The predicted molar refractivity (Wildman–Crippen MR) is 131 cm³/mol. The summed E-state index contributed by atoms with van der Waals surface area (Å²) >= 11 is 0. The number of methoxy groups -OCH3 is 1. The van der Waals surface area contributed by atoms with Crippen LogP contribution in [0.1, 0.15) is 36.4 Å². The number of hydrogen-bond donors (Lipinski definition) is 2. The molecule has 0 radical (unpaired) electrons. The van der Waals surface area contributed by atoms with Gasteiger partial charge in [0.1, 0.15) is 5.75 Å². The van der Waals surface area contributed by atoms with E-state index < -0.39 is 0 Å². The van der Waals surface area contributed by atoms with Crippen LogP contribution in [-0.4, -0.2) is 35.4 Å². The van der Waals surface area contributed by atoms with Gasteiger partial charge in [-0.25, -0.2) is 0 Å². The van der Waals surface area contributed by atoms with Gasteiger partial charge in [-0.2, -0.15) is 5.10 Å². The summed E-state index contributed by atoms with van der Waals surface area (Å²) in [6.45, 7) is 6.26. The second kappa shape index (κ2) is 9.39. The number of anilines is 1. The highest BCUT2D eigenvalue weighted by atomic mass is 16.5. The van der Waals surface area contributed by atoms with Gasteiger partial charge in [0.15, 0.2) is 0 Å². The number of aromatic nitrogens is 3. The summed E-state index contributed by atoms with van der Waals surface area (Å²) in [7, 11) is 1.71. The predicted octanol–water partition coefficient (Wildman–Crippen LogP) is 6.09. The highest BCUT2D eigenvalue weighted by molar-refractivity contribution is 5.83. The van der Waals surface area contributed by atoms with E-state index in [1.54, 1.807) is 7.11 Å². The Labute approximate surface area is 183 Å². The molecule has 0 amide bonds. The average Bonchev–Trinajstić information content (AvgIpc) is 3.46. The number of hydrogen-bond acceptors (Lipinski definition) is 3. The number of H-pyrrole nitrogens is 2. The zero-order valence-electron chi connectivity index (χ0n) is 18.2. The van der Waals surface area contributed by atoms with Crippen LogP contribution in [0, 0.1) is 0 Å². The van der Waals surface area contributed by atoms with Crippen LogP contribution in [-0.2, 0) is 0 Å². The molecule has 0 saturated carbocycles. The van der Waals surface area contributed by atoms with E-state index in [2.05, 4.69) is 82.5 Å². The molecular formula is C26H28N4O. The summed E-state index contributed by atoms with van der Waals surface area (Å²) < 4.78 is 5.61. The van der Waals surface area contributed by atoms with Gasteiger partial charge in [-0.15, -0.1) is 0 Å². The third-order valence-corrected chi connectivity index (χ3v) is 5.43. The monoisotopic (exact) mass is 412 g/mol. The lowest BCUT2D eigenvalue weighted by molar-refractivity contribution is 0.414. The standard InChI is InChI=1S/C26H28N4O/c1-4-30(5-2)24-13-10-21(26(18-24)31-3)9-12-23-17-22(28-29-23)11-7-19-6-8-20-14-15-27-25(20)16-19/h6-18,27H,4-5H2,1-3H3,(H,28,29). The summed E-state index contributed by atoms with van der Waals surface area (Å²) in [6.07, 6.45) is 10.1. The molecule has 2 aromatic carbocycles. The molecule has 31 heavy (non-hydrogen) atoms. The normalized spacial score (nSPS) is 11.7. The molecule has 0 unspecified atom stereocenters. The van der Waals surface area contributed by atoms with Crippen molar-refractivity contribution in [2.75, 3.05) is 25.1 Å². The number of aromatic amines is 2. The molecule has 0 aliphatic carbocycles. The van der Waals surface area contributed by atoms with Gasteiger partial charge in [-0.3, -0.25) is 5.10 Å². The molecule has 0 aliphatic rings. The zero-order valence-corrected chi connectivity index (χ0v) is 18.2. The lowest BCUT2D eigenvalue weighted by atomic mass is 10.1. The maximum atomic E-state index is 5.61. The molecule has 5 heteroatoms. The van der Waals surface area contributed by atoms with E-state index in [4.69, 9.17) is 4.74 Å². The van der Waals surface area contributed by atoms with Crippen molar-refractivity contribution in [3.63, 3.8) is 0 Å². The van der Waals surface area contributed by atoms with Gasteiger partial charge in [-0.05, 0) is 73.4 Å². The summed E-state index contributed by atoms with van der Waals surface area (Å²) in [4.78, 5) is 5.54. The second-order valence-electron chi connectivity index (χ2n) is 7.34. The van der Waals surface area contributed by atoms with Gasteiger partial charge in [0, 0.05) is 42.1 Å². The summed E-state index contributed by atoms with van der Waals surface area (Å²) in [5, 5.41) is 8.68. The number of ether oxygens (including phenoxy) is 1. The van der Waals surface area contributed by atoms with E-state index in [0.717, 1.165) is 46.9 Å². The fraction of sp³-hybridized carbons (Fsp3) is 0.192. The van der Waals surface area contributed by atoms with Crippen molar-refractivity contribution < 1.29 is 4.74 Å². The van der Waals surface area contributed by atoms with Crippen LogP contribution in [0.2, 0.25) is 0 Å². The zero-order chi connectivity index (χ0) is 21.6. The molecule has 4 aromatic rings. The van der Waals surface area contributed by atoms with Crippen molar-refractivity contribution in [2.45, 2.75) is 13.8 Å². The molecule has 0 aliphatic heterocycles. The van der Waals surface area contributed by atoms with Gasteiger partial charge >= 0.3 is 0 Å². The molecule has 158 valence electrons. The molecule has 4 rings (SSSR count). The van der Waals surface area contributed by atoms with Crippen LogP contribution in [0.25, 0.3) is 35.2 Å². The molecule has 0 spiro atoms. The van der Waals surface area contributed by atoms with E-state index in [0.29, 0.717) is 0 Å². The van der Waals surface area contributed by atoms with E-state index in [1.807, 2.05) is 30.5 Å². The van der Waals surface area contributed by atoms with Crippen LogP contribution in [0.15, 0.2) is 54.7 Å². The lowest BCUT2D eigenvalue weighted by Gasteiger charge is -2.22. The first-order valence-corrected chi connectivity index (χ1v) is 10.6. The van der Waals surface area contributed by atoms with Gasteiger partial charge in [0.2, 0.25) is 0 Å². The molecule has 2 aromatic heterocycles. The molecule has 0 atom stereocenters. The van der Waals surface area contributed by atoms with E-state index in [-0.39, 0.29) is 0 Å². The van der Waals surface area contributed by atoms with E-state index >= 15 is 0 Å². The van der Waals surface area contributed by atoms with Crippen LogP contribution in [0.4, 0.5) is 5.69 Å². The Hall–Kier alpha value is -3.73. The minimum Gasteiger partial charge on any atom is -0.496 e. The van der Waals surface area contributed by atoms with Crippen molar-refractivity contribution >= 4 is 40.9 Å². The van der Waals surface area contributed by atoms with E-state index in [1.165, 1.54) is 11.1 Å². The van der Waals surface area contributed by atoms with Crippen molar-refractivity contribution in [1.29, 1.82) is 0 Å². The second-order valence-corrected chi connectivity index (χ2v) is 7.34. The third-order valence-electron chi connectivity index (χ3n) is 5.43. The molecule has 0 bridgehead atoms. The average molecular weight is 413 g/mol. The minimum atomic E-state index is 0.861. The third kappa shape index (κ3) is 4.72. The molecule has 5 nitrogen and oxygen atoms in total. The number of nitrogens with one attached hydrogen (secondary N) is 2. The smallest absolute Gasteiger partial charge is 0.128 e. The molecule has 2 heterocycles. The van der Waals surface area contributed by atoms with Crippen molar-refractivity contribution in [1.82, 2.24) is 15.2 Å². The first-order valence-electron chi connectivity index (χ1n) is 10.6. The maximum absolute atomic E-state index is 5.61. The Morgan fingerprint density at radius 2 is 1.81 bits per heavy atom. The summed E-state index contributed by atoms with van der Waals surface area (Å²) in [6, 6.07) is 16.8. The minimum absolute atomic E-state index is 0.861. The summed E-state index contributed by atoms with van der Waals surface area (Å²) in [5.41, 5.74) is 6.29. The van der Waals surface area contributed by atoms with Crippen LogP contribution < -0.4 is 9.64 Å². The van der Waals surface area contributed by atoms with Gasteiger partial charge in [0.05, 0.1) is 18.5 Å². The molecule has 0 fully saturated rings. The number of fused-ring (bicyclic) bond motifs is 1. The van der Waals surface area contributed by atoms with Crippen LogP contribution in [0.3, 0.4) is 0 Å². The largest absolute Gasteiger partial charge is 0.496 e. The number of nitrogens with zero attached hydrogens (tertiary/aromatic N) is 2. The van der Waals surface area contributed by atoms with E-state index in [9.17, 15) is 0 Å². The Morgan fingerprint density at radius 3 is 2.61 bits per heavy atom. The quantitative estimate of drug-likeness (QED) is 0.368. The Kier molecular flexibility index (Phi) is 6.22. The van der Waals surface area contributed by atoms with Gasteiger partial charge in [0.25, 0.3) is 0 Å². The lowest BCUT2D eigenvalue weighted by Crippen LogP contribution is -2.21. The highest BCUT2D eigenvalue weighted by Gasteiger charge is 2.06. The van der Waals surface area contributed by atoms with Crippen molar-refractivity contribution in [3.05, 3.63) is 77.2 Å². The number of rotatable bonds is 8. The molecule has 2 N–H and O–H groups in total. The highest BCUT2D eigenvalue weighted by Crippen LogP contribution is 2.27. The van der Waals surface area contributed by atoms with Gasteiger partial charge in [-0.1, -0.05) is 18.2 Å². The first-order chi connectivity index (χ1) is 15.2. The Balaban J connectivity index is 1.48. The number of benzene rings is 2. The van der Waals surface area contributed by atoms with Crippen molar-refractivity contribution in [2.24, 2.45) is 0 Å². The molecule has 0 saturated heterocycles. The Morgan fingerprint density at radius 1 is 0.935 bits per heavy atom.